The summed E-state index contributed by atoms with van der Waals surface area (Å²) in [6.07, 6.45) is 6.92. The number of nitrogens with zero attached hydrogens (tertiary/aromatic N) is 3. The van der Waals surface area contributed by atoms with E-state index in [0.717, 1.165) is 60.9 Å². The van der Waals surface area contributed by atoms with Crippen molar-refractivity contribution in [2.45, 2.75) is 50.3 Å². The molecule has 1 saturated carbocycles. The Morgan fingerprint density at radius 2 is 2.12 bits per heavy atom. The van der Waals surface area contributed by atoms with Crippen LogP contribution in [0, 0.1) is 11.3 Å². The van der Waals surface area contributed by atoms with Crippen LogP contribution in [0.3, 0.4) is 0 Å². The van der Waals surface area contributed by atoms with E-state index in [9.17, 15) is 5.11 Å². The third-order valence-corrected chi connectivity index (χ3v) is 6.18. The fourth-order valence-corrected chi connectivity index (χ4v) is 4.54. The van der Waals surface area contributed by atoms with Gasteiger partial charge in [0.2, 0.25) is 5.76 Å². The molecule has 25 heavy (non-hydrogen) atoms. The highest BCUT2D eigenvalue weighted by Crippen LogP contribution is 2.34. The minimum Gasteiger partial charge on any atom is -0.444 e. The zero-order valence-corrected chi connectivity index (χ0v) is 15.5. The van der Waals surface area contributed by atoms with Crippen LogP contribution >= 0.6 is 15.9 Å². The van der Waals surface area contributed by atoms with Crippen molar-refractivity contribution in [1.29, 1.82) is 5.26 Å². The van der Waals surface area contributed by atoms with Crippen LogP contribution in [0.1, 0.15) is 37.9 Å². The van der Waals surface area contributed by atoms with Crippen LogP contribution in [0.25, 0.3) is 11.0 Å². The average molecular weight is 405 g/mol. The van der Waals surface area contributed by atoms with Crippen LogP contribution in [-0.2, 0) is 0 Å². The number of furan rings is 1. The number of aliphatic hydroxyl groups excluding tert-OH is 1. The smallest absolute Gasteiger partial charge is 0.204 e. The summed E-state index contributed by atoms with van der Waals surface area (Å²) in [6.45, 7) is 1.85. The highest BCUT2D eigenvalue weighted by molar-refractivity contribution is 9.10. The molecule has 7 heteroatoms. The number of halogens is 1. The molecule has 2 aromatic heterocycles. The monoisotopic (exact) mass is 404 g/mol. The Balaban J connectivity index is 1.41. The number of nitriles is 1. The first-order chi connectivity index (χ1) is 12.1. The van der Waals surface area contributed by atoms with Gasteiger partial charge in [-0.3, -0.25) is 4.90 Å². The summed E-state index contributed by atoms with van der Waals surface area (Å²) in [5.74, 6) is 1.10. The van der Waals surface area contributed by atoms with Gasteiger partial charge in [0.05, 0.1) is 16.8 Å². The number of fused-ring (bicyclic) bond motifs is 1. The van der Waals surface area contributed by atoms with E-state index in [1.807, 2.05) is 6.07 Å². The normalized spacial score (nSPS) is 27.5. The van der Waals surface area contributed by atoms with Gasteiger partial charge >= 0.3 is 0 Å². The molecule has 2 N–H and O–H groups in total. The number of β-amino-alcohol motifs (C(OH)–C–C–N with tert-alkyl or cyclic N) is 1. The van der Waals surface area contributed by atoms with Crippen molar-refractivity contribution < 1.29 is 9.52 Å². The minimum absolute atomic E-state index is 0.143. The van der Waals surface area contributed by atoms with E-state index in [-0.39, 0.29) is 6.10 Å². The van der Waals surface area contributed by atoms with Gasteiger partial charge in [-0.25, -0.2) is 4.98 Å². The van der Waals surface area contributed by atoms with Gasteiger partial charge in [-0.2, -0.15) is 5.26 Å². The van der Waals surface area contributed by atoms with Gasteiger partial charge < -0.3 is 14.8 Å². The van der Waals surface area contributed by atoms with Crippen LogP contribution in [0.5, 0.6) is 0 Å². The van der Waals surface area contributed by atoms with E-state index in [1.54, 1.807) is 12.3 Å². The summed E-state index contributed by atoms with van der Waals surface area (Å²) >= 11 is 3.59. The molecule has 1 aliphatic carbocycles. The molecule has 0 unspecified atom stereocenters. The van der Waals surface area contributed by atoms with Gasteiger partial charge in [0, 0.05) is 36.6 Å². The van der Waals surface area contributed by atoms with Gasteiger partial charge in [-0.05, 0) is 48.0 Å². The lowest BCUT2D eigenvalue weighted by Gasteiger charge is -2.35. The summed E-state index contributed by atoms with van der Waals surface area (Å²) in [4.78, 5) is 6.89. The standard InChI is InChI=1S/C18H21BrN4O2/c19-17-15-7-14(8-20)25-16(15)9-21-18(17)22-11-1-3-12(4-2-11)23-6-5-13(24)10-23/h7,9,11-13,24H,1-6,10H2,(H,21,22)/t11?,12?,13-/m1/s1. The third-order valence-electron chi connectivity index (χ3n) is 5.38. The fourth-order valence-electron chi connectivity index (χ4n) is 4.01. The highest BCUT2D eigenvalue weighted by atomic mass is 79.9. The van der Waals surface area contributed by atoms with Gasteiger partial charge in [0.25, 0.3) is 0 Å². The number of hydrogen-bond donors (Lipinski definition) is 2. The Kier molecular flexibility index (Phi) is 4.67. The summed E-state index contributed by atoms with van der Waals surface area (Å²) in [6, 6.07) is 4.75. The Morgan fingerprint density at radius 3 is 2.80 bits per heavy atom. The molecular weight excluding hydrogens is 384 g/mol. The Morgan fingerprint density at radius 1 is 1.32 bits per heavy atom. The summed E-state index contributed by atoms with van der Waals surface area (Å²) in [5, 5.41) is 23.1. The number of anilines is 1. The first-order valence-electron chi connectivity index (χ1n) is 8.81. The molecule has 0 spiro atoms. The van der Waals surface area contributed by atoms with Crippen molar-refractivity contribution in [2.24, 2.45) is 0 Å². The highest BCUT2D eigenvalue weighted by Gasteiger charge is 2.30. The van der Waals surface area contributed by atoms with Crippen molar-refractivity contribution >= 4 is 32.7 Å². The van der Waals surface area contributed by atoms with Gasteiger partial charge in [0.15, 0.2) is 5.58 Å². The molecule has 0 bridgehead atoms. The van der Waals surface area contributed by atoms with Gasteiger partial charge in [-0.1, -0.05) is 0 Å². The van der Waals surface area contributed by atoms with E-state index >= 15 is 0 Å². The minimum atomic E-state index is -0.143. The molecule has 1 atom stereocenters. The number of pyridine rings is 1. The summed E-state index contributed by atoms with van der Waals surface area (Å²) in [7, 11) is 0. The van der Waals surface area contributed by atoms with E-state index in [4.69, 9.17) is 9.68 Å². The second kappa shape index (κ2) is 6.94. The van der Waals surface area contributed by atoms with Crippen molar-refractivity contribution in [1.82, 2.24) is 9.88 Å². The Hall–Kier alpha value is -1.62. The maximum absolute atomic E-state index is 9.72. The predicted octanol–water partition coefficient (Wildman–Crippen LogP) is 3.25. The molecule has 132 valence electrons. The molecule has 1 aliphatic heterocycles. The van der Waals surface area contributed by atoms with E-state index < -0.39 is 0 Å². The van der Waals surface area contributed by atoms with Crippen molar-refractivity contribution in [3.8, 4) is 6.07 Å². The average Bonchev–Trinajstić information content (AvgIpc) is 3.24. The molecule has 0 aromatic carbocycles. The largest absolute Gasteiger partial charge is 0.444 e. The molecular formula is C18H21BrN4O2. The lowest BCUT2D eigenvalue weighted by molar-refractivity contribution is 0.140. The maximum atomic E-state index is 9.72. The predicted molar refractivity (Wildman–Crippen MR) is 98.3 cm³/mol. The number of rotatable bonds is 3. The SMILES string of the molecule is N#Cc1cc2c(Br)c(NC3CCC(N4CC[C@@H](O)C4)CC3)ncc2o1. The number of aromatic nitrogens is 1. The number of hydrogen-bond acceptors (Lipinski definition) is 6. The first-order valence-corrected chi connectivity index (χ1v) is 9.60. The summed E-state index contributed by atoms with van der Waals surface area (Å²) < 4.78 is 6.26. The Bertz CT molecular complexity index is 807. The van der Waals surface area contributed by atoms with E-state index in [0.29, 0.717) is 23.4 Å². The lowest BCUT2D eigenvalue weighted by Crippen LogP contribution is -2.39. The molecule has 0 amide bonds. The molecule has 6 nitrogen and oxygen atoms in total. The zero-order valence-electron chi connectivity index (χ0n) is 13.9. The molecule has 2 aromatic rings. The molecule has 3 heterocycles. The van der Waals surface area contributed by atoms with Crippen molar-refractivity contribution in [2.75, 3.05) is 18.4 Å². The van der Waals surface area contributed by atoms with Crippen molar-refractivity contribution in [3.63, 3.8) is 0 Å². The van der Waals surface area contributed by atoms with E-state index in [1.165, 1.54) is 0 Å². The Labute approximate surface area is 154 Å². The molecule has 2 aliphatic rings. The number of aliphatic hydroxyl groups is 1. The number of likely N-dealkylation sites (tertiary alicyclic amines) is 1. The zero-order chi connectivity index (χ0) is 17.4. The summed E-state index contributed by atoms with van der Waals surface area (Å²) in [5.41, 5.74) is 0.616. The molecule has 2 fully saturated rings. The molecule has 1 saturated heterocycles. The lowest BCUT2D eigenvalue weighted by atomic mass is 9.90. The van der Waals surface area contributed by atoms with E-state index in [2.05, 4.69) is 31.1 Å². The number of nitrogens with one attached hydrogen (secondary N) is 1. The van der Waals surface area contributed by atoms with Gasteiger partial charge in [0.1, 0.15) is 11.9 Å². The fraction of sp³-hybridized carbons (Fsp3) is 0.556. The maximum Gasteiger partial charge on any atom is 0.204 e. The van der Waals surface area contributed by atoms with Crippen LogP contribution in [0.2, 0.25) is 0 Å². The van der Waals surface area contributed by atoms with Crippen LogP contribution in [0.15, 0.2) is 21.2 Å². The topological polar surface area (TPSA) is 85.3 Å². The van der Waals surface area contributed by atoms with Crippen LogP contribution in [0.4, 0.5) is 5.82 Å². The quantitative estimate of drug-likeness (QED) is 0.816. The second-order valence-electron chi connectivity index (χ2n) is 7.01. The van der Waals surface area contributed by atoms with Crippen molar-refractivity contribution in [3.05, 3.63) is 22.5 Å². The molecule has 4 rings (SSSR count). The van der Waals surface area contributed by atoms with Gasteiger partial charge in [-0.15, -0.1) is 0 Å². The van der Waals surface area contributed by atoms with Crippen LogP contribution in [-0.4, -0.2) is 46.3 Å². The first kappa shape index (κ1) is 16.8. The van der Waals surface area contributed by atoms with Crippen LogP contribution < -0.4 is 5.32 Å². The second-order valence-corrected chi connectivity index (χ2v) is 7.80. The molecule has 0 radical (unpaired) electrons. The third kappa shape index (κ3) is 3.39.